The van der Waals surface area contributed by atoms with E-state index in [1.54, 1.807) is 25.4 Å². The van der Waals surface area contributed by atoms with E-state index in [2.05, 4.69) is 32.8 Å². The molecule has 1 aliphatic rings. The van der Waals surface area contributed by atoms with Crippen LogP contribution < -0.4 is 15.0 Å². The molecule has 6 nitrogen and oxygen atoms in total. The summed E-state index contributed by atoms with van der Waals surface area (Å²) in [5.74, 6) is 0.313. The highest BCUT2D eigenvalue weighted by Gasteiger charge is 2.42. The van der Waals surface area contributed by atoms with Crippen molar-refractivity contribution >= 4 is 34.6 Å². The quantitative estimate of drug-likeness (QED) is 0.200. The third-order valence-corrected chi connectivity index (χ3v) is 7.32. The Kier molecular flexibility index (Phi) is 7.65. The zero-order valence-corrected chi connectivity index (χ0v) is 22.9. The number of hydrogen-bond acceptors (Lipinski definition) is 4. The Hall–Kier alpha value is -3.46. The average Bonchev–Trinajstić information content (AvgIpc) is 3.41. The SMILES string of the molecule is COCCOc1ccc(N2C(=S)N[C@@H](c3ccccn3)[C@@H]2c2cc(C)n(-c3ccc(F)cc3)c2C)cc1Cl. The molecule has 5 rings (SSSR count). The second kappa shape index (κ2) is 11.1. The number of methoxy groups -OCH3 is 1. The van der Waals surface area contributed by atoms with Crippen molar-refractivity contribution in [2.75, 3.05) is 25.2 Å². The van der Waals surface area contributed by atoms with E-state index in [-0.39, 0.29) is 17.9 Å². The van der Waals surface area contributed by atoms with Crippen molar-refractivity contribution in [2.45, 2.75) is 25.9 Å². The fraction of sp³-hybridized carbons (Fsp3) is 0.241. The molecule has 196 valence electrons. The average molecular weight is 551 g/mol. The van der Waals surface area contributed by atoms with Gasteiger partial charge in [0.1, 0.15) is 18.2 Å². The highest BCUT2D eigenvalue weighted by Crippen LogP contribution is 2.45. The van der Waals surface area contributed by atoms with Crippen LogP contribution in [0, 0.1) is 19.7 Å². The van der Waals surface area contributed by atoms with Crippen LogP contribution in [0.3, 0.4) is 0 Å². The number of pyridine rings is 1. The summed E-state index contributed by atoms with van der Waals surface area (Å²) in [6, 6.07) is 19.8. The van der Waals surface area contributed by atoms with Crippen molar-refractivity contribution in [1.29, 1.82) is 0 Å². The van der Waals surface area contributed by atoms with Crippen LogP contribution in [0.25, 0.3) is 5.69 Å². The number of aromatic nitrogens is 2. The van der Waals surface area contributed by atoms with Crippen LogP contribution in [-0.2, 0) is 4.74 Å². The number of anilines is 1. The lowest BCUT2D eigenvalue weighted by Crippen LogP contribution is -2.29. The maximum atomic E-state index is 13.7. The van der Waals surface area contributed by atoms with Gasteiger partial charge in [0.15, 0.2) is 5.11 Å². The molecule has 0 saturated carbocycles. The molecule has 0 bridgehead atoms. The summed E-state index contributed by atoms with van der Waals surface area (Å²) >= 11 is 12.5. The van der Waals surface area contributed by atoms with E-state index in [9.17, 15) is 4.39 Å². The third kappa shape index (κ3) is 4.99. The Morgan fingerprint density at radius 1 is 1.03 bits per heavy atom. The molecular weight excluding hydrogens is 523 g/mol. The summed E-state index contributed by atoms with van der Waals surface area (Å²) in [7, 11) is 1.63. The summed E-state index contributed by atoms with van der Waals surface area (Å²) in [4.78, 5) is 6.72. The van der Waals surface area contributed by atoms with Gasteiger partial charge in [-0.05, 0) is 92.3 Å². The summed E-state index contributed by atoms with van der Waals surface area (Å²) in [6.07, 6.45) is 1.78. The molecule has 2 aromatic carbocycles. The first-order valence-corrected chi connectivity index (χ1v) is 13.0. The molecule has 1 aliphatic heterocycles. The topological polar surface area (TPSA) is 51.6 Å². The number of thiocarbonyl (C=S) groups is 1. The first-order chi connectivity index (χ1) is 18.4. The molecule has 0 aliphatic carbocycles. The molecule has 38 heavy (non-hydrogen) atoms. The molecule has 9 heteroatoms. The maximum Gasteiger partial charge on any atom is 0.174 e. The summed E-state index contributed by atoms with van der Waals surface area (Å²) in [6.45, 7) is 4.98. The van der Waals surface area contributed by atoms with Crippen molar-refractivity contribution in [1.82, 2.24) is 14.9 Å². The largest absolute Gasteiger partial charge is 0.490 e. The molecule has 0 amide bonds. The van der Waals surface area contributed by atoms with E-state index in [1.165, 1.54) is 12.1 Å². The van der Waals surface area contributed by atoms with Gasteiger partial charge in [-0.2, -0.15) is 0 Å². The Morgan fingerprint density at radius 2 is 1.79 bits per heavy atom. The van der Waals surface area contributed by atoms with Gasteiger partial charge in [-0.25, -0.2) is 4.39 Å². The molecule has 0 spiro atoms. The molecule has 3 heterocycles. The number of rotatable bonds is 8. The minimum absolute atomic E-state index is 0.206. The molecule has 1 fully saturated rings. The number of halogens is 2. The van der Waals surface area contributed by atoms with Gasteiger partial charge >= 0.3 is 0 Å². The number of benzene rings is 2. The number of ether oxygens (including phenoxy) is 2. The fourth-order valence-electron chi connectivity index (χ4n) is 5.02. The monoisotopic (exact) mass is 550 g/mol. The first kappa shape index (κ1) is 26.2. The van der Waals surface area contributed by atoms with Crippen molar-refractivity contribution in [3.8, 4) is 11.4 Å². The zero-order chi connectivity index (χ0) is 26.8. The lowest BCUT2D eigenvalue weighted by atomic mass is 9.96. The Bertz CT molecular complexity index is 1450. The van der Waals surface area contributed by atoms with Gasteiger partial charge in [0.2, 0.25) is 0 Å². The predicted molar refractivity (Wildman–Crippen MR) is 152 cm³/mol. The second-order valence-electron chi connectivity index (χ2n) is 9.09. The van der Waals surface area contributed by atoms with Crippen LogP contribution in [0.2, 0.25) is 5.02 Å². The van der Waals surface area contributed by atoms with Crippen LogP contribution in [0.4, 0.5) is 10.1 Å². The van der Waals surface area contributed by atoms with Gasteiger partial charge in [0.25, 0.3) is 0 Å². The summed E-state index contributed by atoms with van der Waals surface area (Å²) in [5.41, 5.74) is 5.74. The molecule has 0 radical (unpaired) electrons. The number of nitrogens with one attached hydrogen (secondary N) is 1. The minimum Gasteiger partial charge on any atom is -0.490 e. The summed E-state index contributed by atoms with van der Waals surface area (Å²) < 4.78 is 26.6. The van der Waals surface area contributed by atoms with E-state index >= 15 is 0 Å². The van der Waals surface area contributed by atoms with Crippen LogP contribution in [0.15, 0.2) is 72.9 Å². The van der Waals surface area contributed by atoms with Gasteiger partial charge in [-0.3, -0.25) is 4.98 Å². The Balaban J connectivity index is 1.60. The molecule has 2 atom stereocenters. The zero-order valence-electron chi connectivity index (χ0n) is 21.3. The summed E-state index contributed by atoms with van der Waals surface area (Å²) in [5, 5.41) is 4.55. The standard InChI is InChI=1S/C29H28ClFN4O2S/c1-18-16-23(19(2)34(18)21-9-7-20(31)8-10-21)28-27(25-6-4-5-13-32-25)33-29(38)35(28)22-11-12-26(24(30)17-22)37-15-14-36-3/h4-13,16-17,27-28H,14-15H2,1-3H3,(H,33,38)/t27-,28-/m0/s1. The van der Waals surface area contributed by atoms with Crippen molar-refractivity contribution in [2.24, 2.45) is 0 Å². The number of hydrogen-bond donors (Lipinski definition) is 1. The lowest BCUT2D eigenvalue weighted by Gasteiger charge is -2.28. The van der Waals surface area contributed by atoms with E-state index < -0.39 is 0 Å². The maximum absolute atomic E-state index is 13.7. The normalized spacial score (nSPS) is 17.1. The van der Waals surface area contributed by atoms with Gasteiger partial charge in [-0.1, -0.05) is 17.7 Å². The van der Waals surface area contributed by atoms with Crippen LogP contribution in [0.5, 0.6) is 5.75 Å². The number of aryl methyl sites for hydroxylation is 1. The van der Waals surface area contributed by atoms with E-state index in [4.69, 9.17) is 33.3 Å². The molecule has 4 aromatic rings. The Labute approximate surface area is 232 Å². The van der Waals surface area contributed by atoms with Crippen molar-refractivity contribution in [3.63, 3.8) is 0 Å². The lowest BCUT2D eigenvalue weighted by molar-refractivity contribution is 0.146. The second-order valence-corrected chi connectivity index (χ2v) is 9.88. The molecular formula is C29H28ClFN4O2S. The first-order valence-electron chi connectivity index (χ1n) is 12.3. The van der Waals surface area contributed by atoms with Gasteiger partial charge in [0, 0.05) is 36.1 Å². The smallest absolute Gasteiger partial charge is 0.174 e. The molecule has 1 N–H and O–H groups in total. The van der Waals surface area contributed by atoms with Crippen molar-refractivity contribution in [3.05, 3.63) is 106 Å². The molecule has 1 saturated heterocycles. The molecule has 0 unspecified atom stereocenters. The Morgan fingerprint density at radius 3 is 2.47 bits per heavy atom. The third-order valence-electron chi connectivity index (χ3n) is 6.71. The van der Waals surface area contributed by atoms with Crippen LogP contribution in [-0.4, -0.2) is 35.0 Å². The fourth-order valence-corrected chi connectivity index (χ4v) is 5.59. The minimum atomic E-state index is -0.269. The highest BCUT2D eigenvalue weighted by atomic mass is 35.5. The van der Waals surface area contributed by atoms with E-state index in [0.29, 0.717) is 29.1 Å². The van der Waals surface area contributed by atoms with Crippen LogP contribution in [0.1, 0.15) is 34.7 Å². The number of nitrogens with zero attached hydrogens (tertiary/aromatic N) is 3. The van der Waals surface area contributed by atoms with Crippen LogP contribution >= 0.6 is 23.8 Å². The van der Waals surface area contributed by atoms with E-state index in [0.717, 1.165) is 34.0 Å². The van der Waals surface area contributed by atoms with Gasteiger partial charge in [0.05, 0.1) is 29.4 Å². The van der Waals surface area contributed by atoms with Crippen molar-refractivity contribution < 1.29 is 13.9 Å². The highest BCUT2D eigenvalue weighted by molar-refractivity contribution is 7.80. The van der Waals surface area contributed by atoms with Gasteiger partial charge < -0.3 is 24.3 Å². The predicted octanol–water partition coefficient (Wildman–Crippen LogP) is 6.48. The van der Waals surface area contributed by atoms with Gasteiger partial charge in [-0.15, -0.1) is 0 Å². The van der Waals surface area contributed by atoms with E-state index in [1.807, 2.05) is 43.3 Å². The molecule has 2 aromatic heterocycles.